The van der Waals surface area contributed by atoms with Gasteiger partial charge < -0.3 is 9.05 Å². The van der Waals surface area contributed by atoms with E-state index in [9.17, 15) is 9.46 Å². The Labute approximate surface area is 135 Å². The fraction of sp³-hybridized carbons (Fsp3) is 0. The summed E-state index contributed by atoms with van der Waals surface area (Å²) < 4.78 is 21.5. The van der Waals surface area contributed by atoms with E-state index in [1.807, 2.05) is 0 Å². The SMILES string of the molecule is O=P(O)(Oc1ccccc1)Oc1ccccc1.[CaH2]. The Morgan fingerprint density at radius 1 is 0.778 bits per heavy atom. The summed E-state index contributed by atoms with van der Waals surface area (Å²) in [6, 6.07) is 16.7. The summed E-state index contributed by atoms with van der Waals surface area (Å²) >= 11 is 0. The monoisotopic (exact) mass is 292 g/mol. The van der Waals surface area contributed by atoms with Crippen molar-refractivity contribution in [3.05, 3.63) is 60.7 Å². The van der Waals surface area contributed by atoms with Crippen molar-refractivity contribution >= 4 is 45.6 Å². The summed E-state index contributed by atoms with van der Waals surface area (Å²) in [6.07, 6.45) is 0. The maximum absolute atomic E-state index is 11.7. The molecule has 0 radical (unpaired) electrons. The third kappa shape index (κ3) is 5.01. The van der Waals surface area contributed by atoms with Crippen molar-refractivity contribution in [1.82, 2.24) is 0 Å². The Hall–Kier alpha value is -0.510. The van der Waals surface area contributed by atoms with Crippen LogP contribution in [0.15, 0.2) is 60.7 Å². The second-order valence-electron chi connectivity index (χ2n) is 3.28. The van der Waals surface area contributed by atoms with Crippen molar-refractivity contribution in [2.24, 2.45) is 0 Å². The first-order valence-electron chi connectivity index (χ1n) is 4.98. The number of hydrogen-bond donors (Lipinski definition) is 1. The summed E-state index contributed by atoms with van der Waals surface area (Å²) in [4.78, 5) is 9.53. The van der Waals surface area contributed by atoms with Crippen molar-refractivity contribution in [2.75, 3.05) is 0 Å². The first kappa shape index (κ1) is 15.5. The molecule has 4 nitrogen and oxygen atoms in total. The van der Waals surface area contributed by atoms with Gasteiger partial charge in [-0.1, -0.05) is 36.4 Å². The molecule has 0 aliphatic heterocycles. The van der Waals surface area contributed by atoms with Crippen LogP contribution in [-0.4, -0.2) is 42.6 Å². The first-order chi connectivity index (χ1) is 8.16. The van der Waals surface area contributed by atoms with E-state index in [0.29, 0.717) is 0 Å². The van der Waals surface area contributed by atoms with Gasteiger partial charge in [0.05, 0.1) is 0 Å². The van der Waals surface area contributed by atoms with E-state index in [4.69, 9.17) is 9.05 Å². The molecule has 2 aromatic rings. The zero-order valence-electron chi connectivity index (χ0n) is 8.89. The topological polar surface area (TPSA) is 55.8 Å². The van der Waals surface area contributed by atoms with Crippen molar-refractivity contribution in [2.45, 2.75) is 0 Å². The van der Waals surface area contributed by atoms with Crippen molar-refractivity contribution in [3.63, 3.8) is 0 Å². The Morgan fingerprint density at radius 3 is 1.44 bits per heavy atom. The molecule has 0 saturated carbocycles. The molecule has 6 heteroatoms. The van der Waals surface area contributed by atoms with E-state index in [-0.39, 0.29) is 49.2 Å². The zero-order chi connectivity index (χ0) is 12.1. The van der Waals surface area contributed by atoms with Crippen LogP contribution in [0.5, 0.6) is 11.5 Å². The molecule has 0 aliphatic rings. The number of benzene rings is 2. The van der Waals surface area contributed by atoms with Gasteiger partial charge in [-0.3, -0.25) is 4.89 Å². The predicted octanol–water partition coefficient (Wildman–Crippen LogP) is 2.33. The zero-order valence-corrected chi connectivity index (χ0v) is 9.79. The quantitative estimate of drug-likeness (QED) is 0.694. The summed E-state index contributed by atoms with van der Waals surface area (Å²) in [6.45, 7) is 0. The van der Waals surface area contributed by atoms with Crippen LogP contribution in [0.1, 0.15) is 0 Å². The summed E-state index contributed by atoms with van der Waals surface area (Å²) in [7, 11) is -4.14. The van der Waals surface area contributed by atoms with Gasteiger partial charge in [0.25, 0.3) is 0 Å². The molecule has 0 bridgehead atoms. The number of rotatable bonds is 4. The molecule has 0 fully saturated rings. The van der Waals surface area contributed by atoms with Crippen LogP contribution in [-0.2, 0) is 4.57 Å². The van der Waals surface area contributed by atoms with Gasteiger partial charge in [0.1, 0.15) is 11.5 Å². The van der Waals surface area contributed by atoms with E-state index in [2.05, 4.69) is 0 Å². The van der Waals surface area contributed by atoms with Crippen LogP contribution in [0.25, 0.3) is 0 Å². The second kappa shape index (κ2) is 7.17. The van der Waals surface area contributed by atoms with Gasteiger partial charge in [-0.2, -0.15) is 0 Å². The number of phosphoric ester groups is 1. The molecule has 18 heavy (non-hydrogen) atoms. The molecule has 0 unspecified atom stereocenters. The van der Waals surface area contributed by atoms with Crippen LogP contribution in [0.3, 0.4) is 0 Å². The molecule has 0 aromatic heterocycles. The van der Waals surface area contributed by atoms with Crippen LogP contribution >= 0.6 is 7.82 Å². The Bertz CT molecular complexity index is 473. The van der Waals surface area contributed by atoms with Gasteiger partial charge in [0, 0.05) is 0 Å². The maximum atomic E-state index is 11.7. The van der Waals surface area contributed by atoms with E-state index in [0.717, 1.165) is 0 Å². The molecular weight excluding hydrogens is 279 g/mol. The van der Waals surface area contributed by atoms with Crippen molar-refractivity contribution < 1.29 is 18.5 Å². The molecule has 1 N–H and O–H groups in total. The van der Waals surface area contributed by atoms with Gasteiger partial charge in [0.15, 0.2) is 0 Å². The van der Waals surface area contributed by atoms with Crippen LogP contribution in [0.2, 0.25) is 0 Å². The molecular formula is C12H13CaO4P. The van der Waals surface area contributed by atoms with E-state index >= 15 is 0 Å². The van der Waals surface area contributed by atoms with Crippen LogP contribution < -0.4 is 9.05 Å². The van der Waals surface area contributed by atoms with Crippen LogP contribution in [0, 0.1) is 0 Å². The Morgan fingerprint density at radius 2 is 1.11 bits per heavy atom. The van der Waals surface area contributed by atoms with E-state index < -0.39 is 7.82 Å². The first-order valence-corrected chi connectivity index (χ1v) is 6.47. The van der Waals surface area contributed by atoms with E-state index in [1.165, 1.54) is 0 Å². The summed E-state index contributed by atoms with van der Waals surface area (Å²) in [5, 5.41) is 0. The minimum atomic E-state index is -4.14. The Balaban J connectivity index is 0.00000162. The average molecular weight is 292 g/mol. The number of phosphoric acid groups is 1. The number of para-hydroxylation sites is 2. The molecule has 0 aliphatic carbocycles. The van der Waals surface area contributed by atoms with Gasteiger partial charge in [-0.05, 0) is 24.3 Å². The fourth-order valence-corrected chi connectivity index (χ4v) is 2.06. The molecule has 2 aromatic carbocycles. The molecule has 92 valence electrons. The summed E-state index contributed by atoms with van der Waals surface area (Å²) in [5.41, 5.74) is 0. The number of hydrogen-bond acceptors (Lipinski definition) is 3. The predicted molar refractivity (Wildman–Crippen MR) is 72.5 cm³/mol. The molecule has 0 saturated heterocycles. The Kier molecular flexibility index (Phi) is 6.19. The second-order valence-corrected chi connectivity index (χ2v) is 4.58. The third-order valence-corrected chi connectivity index (χ3v) is 2.81. The molecule has 0 spiro atoms. The molecule has 0 amide bonds. The molecule has 0 atom stereocenters. The van der Waals surface area contributed by atoms with Crippen LogP contribution in [0.4, 0.5) is 0 Å². The molecule has 2 rings (SSSR count). The van der Waals surface area contributed by atoms with Crippen molar-refractivity contribution in [1.29, 1.82) is 0 Å². The van der Waals surface area contributed by atoms with Crippen molar-refractivity contribution in [3.8, 4) is 11.5 Å². The average Bonchev–Trinajstić information content (AvgIpc) is 2.30. The van der Waals surface area contributed by atoms with Gasteiger partial charge in [-0.15, -0.1) is 0 Å². The fourth-order valence-electron chi connectivity index (χ4n) is 1.25. The normalized spacial score (nSPS) is 10.3. The minimum absolute atomic E-state index is 0. The third-order valence-electron chi connectivity index (χ3n) is 1.93. The molecule has 0 heterocycles. The van der Waals surface area contributed by atoms with E-state index in [1.54, 1.807) is 60.7 Å². The summed E-state index contributed by atoms with van der Waals surface area (Å²) in [5.74, 6) is 0.573. The van der Waals surface area contributed by atoms with Gasteiger partial charge >= 0.3 is 45.6 Å². The van der Waals surface area contributed by atoms with Gasteiger partial charge in [0.2, 0.25) is 0 Å². The van der Waals surface area contributed by atoms with Gasteiger partial charge in [-0.25, -0.2) is 4.57 Å². The standard InChI is InChI=1S/C12H11O4P.Ca.2H/c13-17(14,15-11-7-3-1-4-8-11)16-12-9-5-2-6-10-12;;;/h1-10H,(H,13,14);;;.